The van der Waals surface area contributed by atoms with Crippen LogP contribution in [0.2, 0.25) is 10.0 Å². The van der Waals surface area contributed by atoms with E-state index < -0.39 is 0 Å². The maximum Gasteiger partial charge on any atom is 0.251 e. The lowest BCUT2D eigenvalue weighted by atomic mass is 10.1. The van der Waals surface area contributed by atoms with Crippen LogP contribution in [0.25, 0.3) is 0 Å². The van der Waals surface area contributed by atoms with Crippen molar-refractivity contribution in [2.75, 3.05) is 20.2 Å². The van der Waals surface area contributed by atoms with Crippen molar-refractivity contribution in [3.05, 3.63) is 49.6 Å². The Hall–Kier alpha value is -1.27. The zero-order valence-corrected chi connectivity index (χ0v) is 16.5. The highest BCUT2D eigenvalue weighted by molar-refractivity contribution is 7.10. The molecule has 1 aliphatic rings. The fraction of sp³-hybridized carbons (Fsp3) is 0.389. The van der Waals surface area contributed by atoms with Crippen molar-refractivity contribution in [3.8, 4) is 5.75 Å². The SMILES string of the molecule is COc1c(Cl)cc(C(=O)NCC(C)N2CCc3sccc3C2)cc1Cl. The molecule has 7 heteroatoms. The number of thiophene rings is 1. The highest BCUT2D eigenvalue weighted by Crippen LogP contribution is 2.33. The van der Waals surface area contributed by atoms with Gasteiger partial charge in [-0.25, -0.2) is 0 Å². The van der Waals surface area contributed by atoms with Crippen molar-refractivity contribution < 1.29 is 9.53 Å². The summed E-state index contributed by atoms with van der Waals surface area (Å²) in [7, 11) is 1.49. The number of carbonyl (C=O) groups is 1. The molecule has 1 N–H and O–H groups in total. The summed E-state index contributed by atoms with van der Waals surface area (Å²) in [5, 5.41) is 5.78. The first-order chi connectivity index (χ1) is 12.0. The van der Waals surface area contributed by atoms with Gasteiger partial charge in [-0.15, -0.1) is 11.3 Å². The van der Waals surface area contributed by atoms with E-state index in [2.05, 4.69) is 28.6 Å². The van der Waals surface area contributed by atoms with Crippen LogP contribution in [-0.2, 0) is 13.0 Å². The molecule has 1 amide bonds. The van der Waals surface area contributed by atoms with Gasteiger partial charge in [0, 0.05) is 36.1 Å². The Balaban J connectivity index is 1.59. The molecule has 0 aliphatic carbocycles. The topological polar surface area (TPSA) is 41.6 Å². The van der Waals surface area contributed by atoms with E-state index in [4.69, 9.17) is 27.9 Å². The largest absolute Gasteiger partial charge is 0.494 e. The number of carbonyl (C=O) groups excluding carboxylic acids is 1. The van der Waals surface area contributed by atoms with E-state index in [-0.39, 0.29) is 11.9 Å². The lowest BCUT2D eigenvalue weighted by Gasteiger charge is -2.32. The molecular weight excluding hydrogens is 379 g/mol. The van der Waals surface area contributed by atoms with Gasteiger partial charge in [0.25, 0.3) is 5.91 Å². The molecule has 2 aromatic rings. The van der Waals surface area contributed by atoms with Crippen molar-refractivity contribution in [1.82, 2.24) is 10.2 Å². The van der Waals surface area contributed by atoms with Gasteiger partial charge in [0.1, 0.15) is 0 Å². The number of hydrogen-bond acceptors (Lipinski definition) is 4. The number of amides is 1. The Labute approximate surface area is 161 Å². The van der Waals surface area contributed by atoms with Crippen molar-refractivity contribution in [2.24, 2.45) is 0 Å². The summed E-state index contributed by atoms with van der Waals surface area (Å²) < 4.78 is 5.11. The van der Waals surface area contributed by atoms with Crippen LogP contribution in [0.1, 0.15) is 27.7 Å². The molecule has 0 bridgehead atoms. The molecule has 25 heavy (non-hydrogen) atoms. The number of benzene rings is 1. The molecule has 0 spiro atoms. The minimum absolute atomic E-state index is 0.188. The Morgan fingerprint density at radius 3 is 2.80 bits per heavy atom. The molecule has 1 aromatic heterocycles. The normalized spacial score (nSPS) is 15.5. The summed E-state index contributed by atoms with van der Waals surface area (Å²) in [5.41, 5.74) is 1.84. The Bertz CT molecular complexity index is 755. The second kappa shape index (κ2) is 7.96. The third kappa shape index (κ3) is 4.11. The predicted molar refractivity (Wildman–Crippen MR) is 103 cm³/mol. The molecule has 1 unspecified atom stereocenters. The van der Waals surface area contributed by atoms with Gasteiger partial charge < -0.3 is 10.1 Å². The molecule has 1 atom stereocenters. The van der Waals surface area contributed by atoms with Gasteiger partial charge in [0.2, 0.25) is 0 Å². The standard InChI is InChI=1S/C18H20Cl2N2O2S/c1-11(22-5-3-16-12(10-22)4-6-25-16)9-21-18(23)13-7-14(19)17(24-2)15(20)8-13/h4,6-8,11H,3,5,9-10H2,1-2H3,(H,21,23). The minimum Gasteiger partial charge on any atom is -0.494 e. The fourth-order valence-electron chi connectivity index (χ4n) is 3.00. The van der Waals surface area contributed by atoms with Crippen molar-refractivity contribution in [2.45, 2.75) is 25.9 Å². The third-order valence-corrected chi connectivity index (χ3v) is 6.07. The summed E-state index contributed by atoms with van der Waals surface area (Å²) in [4.78, 5) is 16.3. The molecule has 3 rings (SSSR count). The monoisotopic (exact) mass is 398 g/mol. The maximum absolute atomic E-state index is 12.4. The van der Waals surface area contributed by atoms with Crippen LogP contribution in [0.5, 0.6) is 5.75 Å². The first-order valence-electron chi connectivity index (χ1n) is 8.10. The van der Waals surface area contributed by atoms with Gasteiger partial charge in [-0.2, -0.15) is 0 Å². The highest BCUT2D eigenvalue weighted by Gasteiger charge is 2.22. The quantitative estimate of drug-likeness (QED) is 0.818. The van der Waals surface area contributed by atoms with Crippen LogP contribution in [0.15, 0.2) is 23.6 Å². The molecule has 1 aliphatic heterocycles. The van der Waals surface area contributed by atoms with Crippen LogP contribution in [0.3, 0.4) is 0 Å². The number of halogens is 2. The van der Waals surface area contributed by atoms with E-state index >= 15 is 0 Å². The molecule has 134 valence electrons. The fourth-order valence-corrected chi connectivity index (χ4v) is 4.54. The van der Waals surface area contributed by atoms with Crippen molar-refractivity contribution >= 4 is 40.4 Å². The summed E-state index contributed by atoms with van der Waals surface area (Å²) in [5.74, 6) is 0.194. The molecule has 0 fully saturated rings. The van der Waals surface area contributed by atoms with Crippen LogP contribution in [0.4, 0.5) is 0 Å². The summed E-state index contributed by atoms with van der Waals surface area (Å²) >= 11 is 14.0. The first-order valence-corrected chi connectivity index (χ1v) is 9.73. The van der Waals surface area contributed by atoms with Gasteiger partial charge in [0.15, 0.2) is 5.75 Å². The lowest BCUT2D eigenvalue weighted by Crippen LogP contribution is -2.44. The van der Waals surface area contributed by atoms with Crippen LogP contribution in [0, 0.1) is 0 Å². The second-order valence-corrected chi connectivity index (χ2v) is 7.94. The molecule has 2 heterocycles. The smallest absolute Gasteiger partial charge is 0.251 e. The van der Waals surface area contributed by atoms with E-state index in [0.717, 1.165) is 19.5 Å². The number of fused-ring (bicyclic) bond motifs is 1. The first kappa shape index (κ1) is 18.5. The highest BCUT2D eigenvalue weighted by atomic mass is 35.5. The van der Waals surface area contributed by atoms with E-state index in [1.807, 2.05) is 11.3 Å². The van der Waals surface area contributed by atoms with Gasteiger partial charge in [-0.1, -0.05) is 23.2 Å². The molecule has 0 radical (unpaired) electrons. The van der Waals surface area contributed by atoms with Gasteiger partial charge in [-0.05, 0) is 42.5 Å². The number of methoxy groups -OCH3 is 1. The summed E-state index contributed by atoms with van der Waals surface area (Å²) in [6.07, 6.45) is 1.08. The van der Waals surface area contributed by atoms with Crippen LogP contribution >= 0.6 is 34.5 Å². The number of hydrogen-bond donors (Lipinski definition) is 1. The van der Waals surface area contributed by atoms with Crippen LogP contribution in [-0.4, -0.2) is 37.0 Å². The maximum atomic E-state index is 12.4. The van der Waals surface area contributed by atoms with E-state index in [0.29, 0.717) is 27.9 Å². The zero-order chi connectivity index (χ0) is 18.0. The average Bonchev–Trinajstić information content (AvgIpc) is 3.06. The third-order valence-electron chi connectivity index (χ3n) is 4.48. The predicted octanol–water partition coefficient (Wildman–Crippen LogP) is 4.24. The second-order valence-electron chi connectivity index (χ2n) is 6.12. The van der Waals surface area contributed by atoms with Gasteiger partial charge in [-0.3, -0.25) is 9.69 Å². The molecule has 0 saturated heterocycles. The molecule has 0 saturated carbocycles. The number of rotatable bonds is 5. The van der Waals surface area contributed by atoms with Gasteiger partial charge >= 0.3 is 0 Å². The summed E-state index contributed by atoms with van der Waals surface area (Å²) in [6, 6.07) is 5.59. The lowest BCUT2D eigenvalue weighted by molar-refractivity contribution is 0.0932. The number of ether oxygens (including phenoxy) is 1. The van der Waals surface area contributed by atoms with Crippen molar-refractivity contribution in [1.29, 1.82) is 0 Å². The zero-order valence-electron chi connectivity index (χ0n) is 14.1. The number of nitrogens with one attached hydrogen (secondary N) is 1. The van der Waals surface area contributed by atoms with E-state index in [9.17, 15) is 4.79 Å². The molecular formula is C18H20Cl2N2O2S. The summed E-state index contributed by atoms with van der Waals surface area (Å²) in [6.45, 7) is 4.66. The minimum atomic E-state index is -0.188. The van der Waals surface area contributed by atoms with E-state index in [1.165, 1.54) is 17.6 Å². The Morgan fingerprint density at radius 2 is 2.12 bits per heavy atom. The average molecular weight is 399 g/mol. The van der Waals surface area contributed by atoms with E-state index in [1.54, 1.807) is 12.1 Å². The Kier molecular flexibility index (Phi) is 5.89. The van der Waals surface area contributed by atoms with Crippen molar-refractivity contribution in [3.63, 3.8) is 0 Å². The molecule has 4 nitrogen and oxygen atoms in total. The Morgan fingerprint density at radius 1 is 1.40 bits per heavy atom. The van der Waals surface area contributed by atoms with Crippen LogP contribution < -0.4 is 10.1 Å². The molecule has 1 aromatic carbocycles. The van der Waals surface area contributed by atoms with Gasteiger partial charge in [0.05, 0.1) is 17.2 Å². The number of nitrogens with zero attached hydrogens (tertiary/aromatic N) is 1.